The van der Waals surface area contributed by atoms with Crippen molar-refractivity contribution in [3.63, 3.8) is 0 Å². The molecule has 2 bridgehead atoms. The molecule has 98 valence electrons. The quantitative estimate of drug-likeness (QED) is 0.599. The molecule has 7 heteroatoms. The molecule has 2 aliphatic heterocycles. The van der Waals surface area contributed by atoms with Gasteiger partial charge in [-0.25, -0.2) is 0 Å². The van der Waals surface area contributed by atoms with Gasteiger partial charge in [-0.1, -0.05) is 0 Å². The number of hydrogen-bond donors (Lipinski definition) is 3. The Hall–Kier alpha value is -1.41. The molecule has 0 aliphatic carbocycles. The molecule has 7 nitrogen and oxygen atoms in total. The summed E-state index contributed by atoms with van der Waals surface area (Å²) in [5.41, 5.74) is -1.62. The number of aliphatic hydroxyl groups is 2. The van der Waals surface area contributed by atoms with E-state index in [4.69, 9.17) is 9.47 Å². The van der Waals surface area contributed by atoms with E-state index in [-0.39, 0.29) is 19.0 Å². The zero-order valence-corrected chi connectivity index (χ0v) is 9.39. The molecule has 2 aliphatic rings. The number of fused-ring (bicyclic) bond motifs is 2. The van der Waals surface area contributed by atoms with Crippen LogP contribution < -0.4 is 5.56 Å². The van der Waals surface area contributed by atoms with Crippen molar-refractivity contribution in [2.75, 3.05) is 13.2 Å². The molecular formula is C11H13NO6. The van der Waals surface area contributed by atoms with Gasteiger partial charge in [-0.05, 0) is 6.07 Å². The van der Waals surface area contributed by atoms with Crippen LogP contribution in [0.25, 0.3) is 0 Å². The number of aromatic hydroxyl groups is 1. The number of aliphatic hydroxyl groups excluding tert-OH is 2. The second kappa shape index (κ2) is 3.79. The number of ether oxygens (including phenoxy) is 2. The van der Waals surface area contributed by atoms with E-state index < -0.39 is 29.6 Å². The third-order valence-electron chi connectivity index (χ3n) is 3.48. The van der Waals surface area contributed by atoms with Gasteiger partial charge in [0, 0.05) is 12.3 Å². The summed E-state index contributed by atoms with van der Waals surface area (Å²) in [7, 11) is 0. The lowest BCUT2D eigenvalue weighted by molar-refractivity contribution is -0.187. The highest BCUT2D eigenvalue weighted by Crippen LogP contribution is 2.44. The SMILES string of the molecule is O=c1cc(O)ccn1[C@@H]1O[C@@]2(CO)COC1[C@H]2O. The number of pyridine rings is 1. The molecule has 0 saturated carbocycles. The Labute approximate surface area is 102 Å². The highest BCUT2D eigenvalue weighted by atomic mass is 16.7. The highest BCUT2D eigenvalue weighted by molar-refractivity contribution is 5.17. The monoisotopic (exact) mass is 255 g/mol. The van der Waals surface area contributed by atoms with Gasteiger partial charge in [-0.3, -0.25) is 9.36 Å². The highest BCUT2D eigenvalue weighted by Gasteiger charge is 2.61. The fourth-order valence-electron chi connectivity index (χ4n) is 2.44. The second-order valence-electron chi connectivity index (χ2n) is 4.58. The average Bonchev–Trinajstić information content (AvgIpc) is 2.81. The Bertz CT molecular complexity index is 529. The lowest BCUT2D eigenvalue weighted by Crippen LogP contribution is -2.44. The van der Waals surface area contributed by atoms with Gasteiger partial charge in [0.15, 0.2) is 6.23 Å². The lowest BCUT2D eigenvalue weighted by atomic mass is 10.0. The fraction of sp³-hybridized carbons (Fsp3) is 0.545. The normalized spacial score (nSPS) is 38.2. The van der Waals surface area contributed by atoms with Gasteiger partial charge >= 0.3 is 0 Å². The Morgan fingerprint density at radius 3 is 2.94 bits per heavy atom. The maximum Gasteiger partial charge on any atom is 0.256 e. The van der Waals surface area contributed by atoms with Crippen LogP contribution in [0.2, 0.25) is 0 Å². The molecule has 0 amide bonds. The summed E-state index contributed by atoms with van der Waals surface area (Å²) < 4.78 is 12.2. The van der Waals surface area contributed by atoms with Gasteiger partial charge < -0.3 is 24.8 Å². The molecule has 0 aromatic carbocycles. The minimum absolute atomic E-state index is 0.0959. The first-order valence-corrected chi connectivity index (χ1v) is 5.57. The van der Waals surface area contributed by atoms with Crippen molar-refractivity contribution < 1.29 is 24.8 Å². The van der Waals surface area contributed by atoms with E-state index >= 15 is 0 Å². The molecule has 0 spiro atoms. The summed E-state index contributed by atoms with van der Waals surface area (Å²) in [6, 6.07) is 2.39. The Morgan fingerprint density at radius 1 is 1.56 bits per heavy atom. The summed E-state index contributed by atoms with van der Waals surface area (Å²) in [6.07, 6.45) is -1.11. The Morgan fingerprint density at radius 2 is 2.33 bits per heavy atom. The maximum absolute atomic E-state index is 11.7. The molecule has 3 heterocycles. The Balaban J connectivity index is 1.98. The van der Waals surface area contributed by atoms with Crippen LogP contribution in [-0.2, 0) is 9.47 Å². The predicted molar refractivity (Wildman–Crippen MR) is 58.1 cm³/mol. The zero-order chi connectivity index (χ0) is 12.9. The van der Waals surface area contributed by atoms with Crippen molar-refractivity contribution in [3.05, 3.63) is 28.7 Å². The lowest BCUT2D eigenvalue weighted by Gasteiger charge is -2.29. The van der Waals surface area contributed by atoms with Crippen molar-refractivity contribution in [2.45, 2.75) is 24.0 Å². The van der Waals surface area contributed by atoms with Crippen LogP contribution in [0, 0.1) is 0 Å². The van der Waals surface area contributed by atoms with Crippen molar-refractivity contribution in [1.82, 2.24) is 4.57 Å². The summed E-state index contributed by atoms with van der Waals surface area (Å²) in [5, 5.41) is 28.5. The van der Waals surface area contributed by atoms with E-state index in [1.807, 2.05) is 0 Å². The second-order valence-corrected chi connectivity index (χ2v) is 4.58. The van der Waals surface area contributed by atoms with Crippen molar-refractivity contribution in [3.8, 4) is 5.75 Å². The number of rotatable bonds is 2. The van der Waals surface area contributed by atoms with Gasteiger partial charge in [0.25, 0.3) is 5.56 Å². The third-order valence-corrected chi connectivity index (χ3v) is 3.48. The molecule has 1 aromatic heterocycles. The van der Waals surface area contributed by atoms with E-state index in [1.165, 1.54) is 16.8 Å². The smallest absolute Gasteiger partial charge is 0.256 e. The molecule has 1 aromatic rings. The largest absolute Gasteiger partial charge is 0.508 e. The van der Waals surface area contributed by atoms with E-state index in [0.29, 0.717) is 0 Å². The van der Waals surface area contributed by atoms with Crippen LogP contribution in [0.1, 0.15) is 6.23 Å². The molecule has 4 atom stereocenters. The van der Waals surface area contributed by atoms with Crippen LogP contribution in [0.15, 0.2) is 23.1 Å². The minimum Gasteiger partial charge on any atom is -0.508 e. The van der Waals surface area contributed by atoms with Crippen LogP contribution in [0.3, 0.4) is 0 Å². The van der Waals surface area contributed by atoms with Crippen LogP contribution in [0.4, 0.5) is 0 Å². The summed E-state index contributed by atoms with van der Waals surface area (Å²) in [5.74, 6) is -0.141. The average molecular weight is 255 g/mol. The first kappa shape index (κ1) is 11.7. The zero-order valence-electron chi connectivity index (χ0n) is 9.39. The predicted octanol–water partition coefficient (Wildman–Crippen LogP) is -1.43. The number of hydrogen-bond acceptors (Lipinski definition) is 6. The van der Waals surface area contributed by atoms with E-state index in [0.717, 1.165) is 6.07 Å². The van der Waals surface area contributed by atoms with Gasteiger partial charge in [0.05, 0.1) is 13.2 Å². The summed E-state index contributed by atoms with van der Waals surface area (Å²) in [6.45, 7) is -0.285. The van der Waals surface area contributed by atoms with Crippen molar-refractivity contribution in [2.24, 2.45) is 0 Å². The van der Waals surface area contributed by atoms with Crippen molar-refractivity contribution in [1.29, 1.82) is 0 Å². The first-order chi connectivity index (χ1) is 8.57. The molecule has 3 N–H and O–H groups in total. The first-order valence-electron chi connectivity index (χ1n) is 5.57. The van der Waals surface area contributed by atoms with E-state index in [2.05, 4.69) is 0 Å². The van der Waals surface area contributed by atoms with E-state index in [1.54, 1.807) is 0 Å². The Kier molecular flexibility index (Phi) is 2.46. The van der Waals surface area contributed by atoms with Gasteiger partial charge in [0.2, 0.25) is 0 Å². The molecule has 0 radical (unpaired) electrons. The molecule has 18 heavy (non-hydrogen) atoms. The summed E-state index contributed by atoms with van der Waals surface area (Å²) in [4.78, 5) is 11.7. The molecular weight excluding hydrogens is 242 g/mol. The molecule has 1 unspecified atom stereocenters. The topological polar surface area (TPSA) is 101 Å². The van der Waals surface area contributed by atoms with Gasteiger partial charge in [-0.15, -0.1) is 0 Å². The van der Waals surface area contributed by atoms with E-state index in [9.17, 15) is 20.1 Å². The number of aromatic nitrogens is 1. The van der Waals surface area contributed by atoms with Gasteiger partial charge in [0.1, 0.15) is 23.6 Å². The van der Waals surface area contributed by atoms with Crippen LogP contribution in [0.5, 0.6) is 5.75 Å². The molecule has 3 rings (SSSR count). The third kappa shape index (κ3) is 1.42. The standard InChI is InChI=1S/C11H13NO6/c13-4-11-5-17-8(9(11)16)10(18-11)12-2-1-6(14)3-7(12)15/h1-3,8-10,13-14,16H,4-5H2/t8?,9-,10-,11+/m1/s1. The number of nitrogens with zero attached hydrogens (tertiary/aromatic N) is 1. The van der Waals surface area contributed by atoms with Crippen LogP contribution in [-0.4, -0.2) is 50.9 Å². The minimum atomic E-state index is -1.16. The van der Waals surface area contributed by atoms with Crippen LogP contribution >= 0.6 is 0 Å². The van der Waals surface area contributed by atoms with Crippen molar-refractivity contribution >= 4 is 0 Å². The van der Waals surface area contributed by atoms with Gasteiger partial charge in [-0.2, -0.15) is 0 Å². The summed E-state index contributed by atoms with van der Waals surface area (Å²) >= 11 is 0. The molecule has 2 saturated heterocycles. The fourth-order valence-corrected chi connectivity index (χ4v) is 2.44. The maximum atomic E-state index is 11.7. The molecule has 2 fully saturated rings.